The Morgan fingerprint density at radius 3 is 2.07 bits per heavy atom. The minimum atomic E-state index is -3.93. The molecule has 0 atom stereocenters. The average molecular weight is 423 g/mol. The Balaban J connectivity index is 2.01. The van der Waals surface area contributed by atoms with Crippen LogP contribution in [0.25, 0.3) is 0 Å². The van der Waals surface area contributed by atoms with Crippen molar-refractivity contribution in [1.82, 2.24) is 0 Å². The van der Waals surface area contributed by atoms with E-state index in [1.165, 1.54) is 16.4 Å². The van der Waals surface area contributed by atoms with Crippen molar-refractivity contribution in [2.75, 3.05) is 16.2 Å². The molecule has 5 nitrogen and oxygen atoms in total. The summed E-state index contributed by atoms with van der Waals surface area (Å²) in [5.74, 6) is -0.399. The van der Waals surface area contributed by atoms with Gasteiger partial charge in [-0.15, -0.1) is 0 Å². The van der Waals surface area contributed by atoms with Crippen LogP contribution in [0.2, 0.25) is 0 Å². The van der Waals surface area contributed by atoms with E-state index in [0.717, 1.165) is 22.3 Å². The molecule has 1 N–H and O–H groups in total. The Kier molecular flexibility index (Phi) is 6.27. The maximum atomic E-state index is 13.5. The molecule has 0 aliphatic heterocycles. The van der Waals surface area contributed by atoms with Crippen LogP contribution in [-0.4, -0.2) is 20.9 Å². The third-order valence-electron chi connectivity index (χ3n) is 5.34. The third kappa shape index (κ3) is 4.39. The van der Waals surface area contributed by atoms with Crippen LogP contribution < -0.4 is 9.62 Å². The highest BCUT2D eigenvalue weighted by Crippen LogP contribution is 2.28. The minimum absolute atomic E-state index is 0.144. The van der Waals surface area contributed by atoms with Crippen molar-refractivity contribution in [1.29, 1.82) is 0 Å². The third-order valence-corrected chi connectivity index (χ3v) is 7.12. The van der Waals surface area contributed by atoms with Gasteiger partial charge in [0.1, 0.15) is 6.54 Å². The van der Waals surface area contributed by atoms with Crippen LogP contribution in [-0.2, 0) is 14.8 Å². The number of carbonyl (C=O) groups is 1. The molecule has 0 unspecified atom stereocenters. The molecular formula is C24H26N2O3S. The van der Waals surface area contributed by atoms with Crippen molar-refractivity contribution in [3.8, 4) is 0 Å². The maximum absolute atomic E-state index is 13.5. The lowest BCUT2D eigenvalue weighted by atomic mass is 10.1. The van der Waals surface area contributed by atoms with E-state index in [-0.39, 0.29) is 11.4 Å². The van der Waals surface area contributed by atoms with Gasteiger partial charge in [-0.25, -0.2) is 8.42 Å². The highest BCUT2D eigenvalue weighted by Gasteiger charge is 2.28. The monoisotopic (exact) mass is 422 g/mol. The van der Waals surface area contributed by atoms with Crippen LogP contribution in [0.15, 0.2) is 71.6 Å². The number of nitrogens with zero attached hydrogens (tertiary/aromatic N) is 1. The second kappa shape index (κ2) is 8.71. The first-order chi connectivity index (χ1) is 14.2. The van der Waals surface area contributed by atoms with Gasteiger partial charge in [0.25, 0.3) is 10.0 Å². The fourth-order valence-corrected chi connectivity index (χ4v) is 4.73. The summed E-state index contributed by atoms with van der Waals surface area (Å²) in [6, 6.07) is 19.3. The predicted octanol–water partition coefficient (Wildman–Crippen LogP) is 4.75. The highest BCUT2D eigenvalue weighted by molar-refractivity contribution is 7.92. The SMILES string of the molecule is Cc1cccc(NC(=O)CN(c2cccc(C)c2C)S(=O)(=O)c2ccccc2)c1C. The van der Waals surface area contributed by atoms with Crippen molar-refractivity contribution in [2.24, 2.45) is 0 Å². The Hall–Kier alpha value is -3.12. The summed E-state index contributed by atoms with van der Waals surface area (Å²) in [4.78, 5) is 13.1. The number of nitrogens with one attached hydrogen (secondary N) is 1. The zero-order valence-electron chi connectivity index (χ0n) is 17.6. The molecule has 0 heterocycles. The Labute approximate surface area is 178 Å². The second-order valence-electron chi connectivity index (χ2n) is 7.34. The zero-order chi connectivity index (χ0) is 21.9. The lowest BCUT2D eigenvalue weighted by molar-refractivity contribution is -0.114. The van der Waals surface area contributed by atoms with E-state index in [2.05, 4.69) is 5.32 Å². The van der Waals surface area contributed by atoms with Crippen LogP contribution in [0.4, 0.5) is 11.4 Å². The summed E-state index contributed by atoms with van der Waals surface area (Å²) in [5, 5.41) is 2.86. The molecule has 1 amide bonds. The van der Waals surface area contributed by atoms with Gasteiger partial charge in [0.2, 0.25) is 5.91 Å². The van der Waals surface area contributed by atoms with Crippen LogP contribution in [0.1, 0.15) is 22.3 Å². The van der Waals surface area contributed by atoms with Gasteiger partial charge < -0.3 is 5.32 Å². The van der Waals surface area contributed by atoms with E-state index in [0.29, 0.717) is 11.4 Å². The van der Waals surface area contributed by atoms with E-state index in [9.17, 15) is 13.2 Å². The number of hydrogen-bond acceptors (Lipinski definition) is 3. The van der Waals surface area contributed by atoms with Gasteiger partial charge in [0.05, 0.1) is 10.6 Å². The van der Waals surface area contributed by atoms with Crippen molar-refractivity contribution in [3.63, 3.8) is 0 Å². The first-order valence-electron chi connectivity index (χ1n) is 9.72. The molecule has 0 saturated heterocycles. The first kappa shape index (κ1) is 21.6. The molecule has 3 aromatic rings. The molecule has 0 fully saturated rings. The number of anilines is 2. The first-order valence-corrected chi connectivity index (χ1v) is 11.2. The van der Waals surface area contributed by atoms with Gasteiger partial charge in [0.15, 0.2) is 0 Å². The van der Waals surface area contributed by atoms with Crippen molar-refractivity contribution < 1.29 is 13.2 Å². The summed E-state index contributed by atoms with van der Waals surface area (Å²) < 4.78 is 28.1. The van der Waals surface area contributed by atoms with Crippen LogP contribution >= 0.6 is 0 Å². The predicted molar refractivity (Wildman–Crippen MR) is 121 cm³/mol. The molecule has 0 bridgehead atoms. The second-order valence-corrected chi connectivity index (χ2v) is 9.20. The molecule has 0 spiro atoms. The lowest BCUT2D eigenvalue weighted by Crippen LogP contribution is -2.38. The number of hydrogen-bond donors (Lipinski definition) is 1. The van der Waals surface area contributed by atoms with Crippen molar-refractivity contribution in [2.45, 2.75) is 32.6 Å². The Morgan fingerprint density at radius 2 is 1.40 bits per heavy atom. The van der Waals surface area contributed by atoms with Crippen molar-refractivity contribution in [3.05, 3.63) is 89.0 Å². The molecule has 30 heavy (non-hydrogen) atoms. The summed E-state index contributed by atoms with van der Waals surface area (Å²) in [7, 11) is -3.93. The Bertz CT molecular complexity index is 1170. The molecule has 3 rings (SSSR count). The zero-order valence-corrected chi connectivity index (χ0v) is 18.5. The van der Waals surface area contributed by atoms with Gasteiger partial charge >= 0.3 is 0 Å². The quantitative estimate of drug-likeness (QED) is 0.623. The van der Waals surface area contributed by atoms with E-state index < -0.39 is 15.9 Å². The highest BCUT2D eigenvalue weighted by atomic mass is 32.2. The van der Waals surface area contributed by atoms with Gasteiger partial charge in [-0.3, -0.25) is 9.10 Å². The smallest absolute Gasteiger partial charge is 0.264 e. The fraction of sp³-hybridized carbons (Fsp3) is 0.208. The molecule has 0 saturated carbocycles. The van der Waals surface area contributed by atoms with E-state index in [4.69, 9.17) is 0 Å². The molecule has 3 aromatic carbocycles. The van der Waals surface area contributed by atoms with Crippen molar-refractivity contribution >= 4 is 27.3 Å². The average Bonchev–Trinajstić information content (AvgIpc) is 2.72. The van der Waals surface area contributed by atoms with E-state index in [1.54, 1.807) is 30.3 Å². The summed E-state index contributed by atoms with van der Waals surface area (Å²) >= 11 is 0. The van der Waals surface area contributed by atoms with E-state index >= 15 is 0 Å². The summed E-state index contributed by atoms with van der Waals surface area (Å²) in [5.41, 5.74) is 4.95. The number of aryl methyl sites for hydroxylation is 2. The standard InChI is InChI=1S/C24H26N2O3S/c1-17-10-8-14-22(19(17)3)25-24(27)16-26(23-15-9-11-18(2)20(23)4)30(28,29)21-12-6-5-7-13-21/h5-15H,16H2,1-4H3,(H,25,27). The Morgan fingerprint density at radius 1 is 0.800 bits per heavy atom. The van der Waals surface area contributed by atoms with Crippen LogP contribution in [0.3, 0.4) is 0 Å². The molecule has 0 radical (unpaired) electrons. The number of benzene rings is 3. The van der Waals surface area contributed by atoms with Gasteiger partial charge in [-0.2, -0.15) is 0 Å². The number of amides is 1. The minimum Gasteiger partial charge on any atom is -0.324 e. The fourth-order valence-electron chi connectivity index (χ4n) is 3.23. The largest absolute Gasteiger partial charge is 0.324 e. The van der Waals surface area contributed by atoms with Gasteiger partial charge in [-0.05, 0) is 74.2 Å². The van der Waals surface area contributed by atoms with Gasteiger partial charge in [0, 0.05) is 5.69 Å². The molecular weight excluding hydrogens is 396 g/mol. The molecule has 0 aromatic heterocycles. The lowest BCUT2D eigenvalue weighted by Gasteiger charge is -2.26. The number of rotatable bonds is 6. The summed E-state index contributed by atoms with van der Waals surface area (Å²) in [6.45, 7) is 7.35. The molecule has 6 heteroatoms. The molecule has 0 aliphatic rings. The number of sulfonamides is 1. The molecule has 0 aliphatic carbocycles. The topological polar surface area (TPSA) is 66.5 Å². The number of carbonyl (C=O) groups excluding carboxylic acids is 1. The normalized spacial score (nSPS) is 11.2. The molecule has 156 valence electrons. The van der Waals surface area contributed by atoms with E-state index in [1.807, 2.05) is 52.0 Å². The summed E-state index contributed by atoms with van der Waals surface area (Å²) in [6.07, 6.45) is 0. The maximum Gasteiger partial charge on any atom is 0.264 e. The van der Waals surface area contributed by atoms with Gasteiger partial charge in [-0.1, -0.05) is 42.5 Å². The van der Waals surface area contributed by atoms with Crippen LogP contribution in [0.5, 0.6) is 0 Å². The van der Waals surface area contributed by atoms with Crippen LogP contribution in [0, 0.1) is 27.7 Å².